The molecule has 0 fully saturated rings. The summed E-state index contributed by atoms with van der Waals surface area (Å²) in [5, 5.41) is 0. The molecule has 0 aliphatic rings. The van der Waals surface area contributed by atoms with Crippen LogP contribution in [0.15, 0.2) is 18.3 Å². The summed E-state index contributed by atoms with van der Waals surface area (Å²) < 4.78 is 0. The zero-order valence-electron chi connectivity index (χ0n) is 7.17. The second-order valence-corrected chi connectivity index (χ2v) is 2.36. The normalized spacial score (nSPS) is 8.91. The molecule has 0 amide bonds. The summed E-state index contributed by atoms with van der Waals surface area (Å²) >= 11 is 0. The Labute approximate surface area is 70.4 Å². The fourth-order valence-electron chi connectivity index (χ4n) is 0.941. The SMILES string of the molecule is CCc1ccnc(CC)c1.[B]. The van der Waals surface area contributed by atoms with Gasteiger partial charge in [0.1, 0.15) is 0 Å². The van der Waals surface area contributed by atoms with Crippen LogP contribution >= 0.6 is 0 Å². The van der Waals surface area contributed by atoms with E-state index in [1.54, 1.807) is 0 Å². The maximum absolute atomic E-state index is 4.21. The van der Waals surface area contributed by atoms with Crippen molar-refractivity contribution in [2.24, 2.45) is 0 Å². The fourth-order valence-corrected chi connectivity index (χ4v) is 0.941. The lowest BCUT2D eigenvalue weighted by molar-refractivity contribution is 1.01. The molecular formula is C9H13BN. The molecule has 0 spiro atoms. The highest BCUT2D eigenvalue weighted by Crippen LogP contribution is 2.02. The third-order valence-corrected chi connectivity index (χ3v) is 1.65. The van der Waals surface area contributed by atoms with Crippen molar-refractivity contribution in [3.63, 3.8) is 0 Å². The molecule has 0 N–H and O–H groups in total. The van der Waals surface area contributed by atoms with Crippen molar-refractivity contribution >= 4 is 8.41 Å². The molecule has 1 nitrogen and oxygen atoms in total. The Kier molecular flexibility index (Phi) is 4.59. The predicted octanol–water partition coefficient (Wildman–Crippen LogP) is 1.83. The first-order valence-corrected chi connectivity index (χ1v) is 3.80. The lowest BCUT2D eigenvalue weighted by Crippen LogP contribution is -1.88. The molecule has 57 valence electrons. The number of rotatable bonds is 2. The van der Waals surface area contributed by atoms with Crippen LogP contribution < -0.4 is 0 Å². The van der Waals surface area contributed by atoms with E-state index in [9.17, 15) is 0 Å². The largest absolute Gasteiger partial charge is 0.261 e. The summed E-state index contributed by atoms with van der Waals surface area (Å²) in [5.41, 5.74) is 2.58. The van der Waals surface area contributed by atoms with Crippen molar-refractivity contribution in [1.29, 1.82) is 0 Å². The van der Waals surface area contributed by atoms with Crippen LogP contribution in [-0.2, 0) is 12.8 Å². The molecule has 0 saturated carbocycles. The Hall–Kier alpha value is -0.785. The summed E-state index contributed by atoms with van der Waals surface area (Å²) in [7, 11) is 0. The summed E-state index contributed by atoms with van der Waals surface area (Å²) in [6.07, 6.45) is 4.03. The van der Waals surface area contributed by atoms with Gasteiger partial charge in [-0.2, -0.15) is 0 Å². The van der Waals surface area contributed by atoms with Gasteiger partial charge in [0, 0.05) is 20.3 Å². The van der Waals surface area contributed by atoms with Gasteiger partial charge in [-0.3, -0.25) is 4.98 Å². The van der Waals surface area contributed by atoms with E-state index >= 15 is 0 Å². The number of aromatic nitrogens is 1. The predicted molar refractivity (Wildman–Crippen MR) is 48.7 cm³/mol. The smallest absolute Gasteiger partial charge is 0.0403 e. The molecule has 0 unspecified atom stereocenters. The van der Waals surface area contributed by atoms with E-state index in [-0.39, 0.29) is 8.41 Å². The first-order valence-electron chi connectivity index (χ1n) is 3.80. The number of aryl methyl sites for hydroxylation is 2. The van der Waals surface area contributed by atoms with Crippen molar-refractivity contribution in [2.75, 3.05) is 0 Å². The highest BCUT2D eigenvalue weighted by molar-refractivity contribution is 5.75. The van der Waals surface area contributed by atoms with Gasteiger partial charge in [0.2, 0.25) is 0 Å². The minimum atomic E-state index is 0. The number of hydrogen-bond donors (Lipinski definition) is 0. The Bertz CT molecular complexity index is 191. The second kappa shape index (κ2) is 4.94. The molecule has 0 saturated heterocycles. The Morgan fingerprint density at radius 3 is 2.55 bits per heavy atom. The Morgan fingerprint density at radius 2 is 2.00 bits per heavy atom. The summed E-state index contributed by atoms with van der Waals surface area (Å²) in [4.78, 5) is 4.21. The highest BCUT2D eigenvalue weighted by atomic mass is 14.7. The minimum Gasteiger partial charge on any atom is -0.261 e. The lowest BCUT2D eigenvalue weighted by atomic mass is 10.1. The minimum absolute atomic E-state index is 0. The average Bonchev–Trinajstić information content (AvgIpc) is 2.05. The van der Waals surface area contributed by atoms with Gasteiger partial charge in [-0.15, -0.1) is 0 Å². The molecule has 0 aromatic carbocycles. The van der Waals surface area contributed by atoms with E-state index in [0.717, 1.165) is 12.8 Å². The van der Waals surface area contributed by atoms with Crippen molar-refractivity contribution in [3.8, 4) is 0 Å². The van der Waals surface area contributed by atoms with E-state index in [1.807, 2.05) is 6.20 Å². The Morgan fingerprint density at radius 1 is 1.27 bits per heavy atom. The van der Waals surface area contributed by atoms with Gasteiger partial charge >= 0.3 is 0 Å². The zero-order chi connectivity index (χ0) is 7.40. The molecule has 0 aliphatic carbocycles. The van der Waals surface area contributed by atoms with Crippen molar-refractivity contribution in [3.05, 3.63) is 29.6 Å². The van der Waals surface area contributed by atoms with Crippen LogP contribution in [0.1, 0.15) is 25.1 Å². The lowest BCUT2D eigenvalue weighted by Gasteiger charge is -1.97. The van der Waals surface area contributed by atoms with E-state index in [4.69, 9.17) is 0 Å². The molecule has 1 aromatic rings. The van der Waals surface area contributed by atoms with E-state index in [0.29, 0.717) is 0 Å². The first kappa shape index (κ1) is 10.2. The third kappa shape index (κ3) is 2.75. The van der Waals surface area contributed by atoms with Crippen LogP contribution in [0.5, 0.6) is 0 Å². The number of nitrogens with zero attached hydrogens (tertiary/aromatic N) is 1. The molecule has 1 heterocycles. The molecule has 1 aromatic heterocycles. The average molecular weight is 146 g/mol. The van der Waals surface area contributed by atoms with E-state index in [1.165, 1.54) is 11.3 Å². The van der Waals surface area contributed by atoms with Crippen LogP contribution in [0.4, 0.5) is 0 Å². The first-order chi connectivity index (χ1) is 4.86. The molecule has 3 radical (unpaired) electrons. The molecule has 11 heavy (non-hydrogen) atoms. The summed E-state index contributed by atoms with van der Waals surface area (Å²) in [5.74, 6) is 0. The van der Waals surface area contributed by atoms with Gasteiger partial charge < -0.3 is 0 Å². The van der Waals surface area contributed by atoms with E-state index < -0.39 is 0 Å². The van der Waals surface area contributed by atoms with Gasteiger partial charge in [0.05, 0.1) is 0 Å². The van der Waals surface area contributed by atoms with Crippen LogP contribution in [-0.4, -0.2) is 13.4 Å². The van der Waals surface area contributed by atoms with Crippen molar-refractivity contribution in [1.82, 2.24) is 4.98 Å². The highest BCUT2D eigenvalue weighted by Gasteiger charge is 1.90. The quantitative estimate of drug-likeness (QED) is 0.580. The summed E-state index contributed by atoms with van der Waals surface area (Å²) in [6.45, 7) is 4.29. The molecule has 0 aliphatic heterocycles. The second-order valence-electron chi connectivity index (χ2n) is 2.36. The third-order valence-electron chi connectivity index (χ3n) is 1.65. The fraction of sp³-hybridized carbons (Fsp3) is 0.444. The zero-order valence-corrected chi connectivity index (χ0v) is 7.17. The van der Waals surface area contributed by atoms with E-state index in [2.05, 4.69) is 31.0 Å². The molecular weight excluding hydrogens is 133 g/mol. The topological polar surface area (TPSA) is 12.9 Å². The van der Waals surface area contributed by atoms with Crippen molar-refractivity contribution in [2.45, 2.75) is 26.7 Å². The van der Waals surface area contributed by atoms with Crippen LogP contribution in [0.25, 0.3) is 0 Å². The van der Waals surface area contributed by atoms with Crippen LogP contribution in [0, 0.1) is 0 Å². The van der Waals surface area contributed by atoms with Gasteiger partial charge in [0.25, 0.3) is 0 Å². The maximum atomic E-state index is 4.21. The number of hydrogen-bond acceptors (Lipinski definition) is 1. The standard InChI is InChI=1S/C9H13N.B/c1-3-8-5-6-10-9(4-2)7-8;/h5-7H,3-4H2,1-2H3;. The molecule has 0 atom stereocenters. The van der Waals surface area contributed by atoms with Crippen LogP contribution in [0.2, 0.25) is 0 Å². The molecule has 0 bridgehead atoms. The maximum Gasteiger partial charge on any atom is 0.0403 e. The summed E-state index contributed by atoms with van der Waals surface area (Å²) in [6, 6.07) is 4.24. The van der Waals surface area contributed by atoms with Crippen LogP contribution in [0.3, 0.4) is 0 Å². The van der Waals surface area contributed by atoms with Gasteiger partial charge in [0.15, 0.2) is 0 Å². The molecule has 1 rings (SSSR count). The number of pyridine rings is 1. The molecule has 2 heteroatoms. The van der Waals surface area contributed by atoms with Gasteiger partial charge in [-0.25, -0.2) is 0 Å². The van der Waals surface area contributed by atoms with Gasteiger partial charge in [-0.05, 0) is 30.5 Å². The van der Waals surface area contributed by atoms with Crippen molar-refractivity contribution < 1.29 is 0 Å². The van der Waals surface area contributed by atoms with Gasteiger partial charge in [-0.1, -0.05) is 13.8 Å². The Balaban J connectivity index is 0.000001000. The monoisotopic (exact) mass is 146 g/mol.